The third-order valence-corrected chi connectivity index (χ3v) is 4.64. The number of likely N-dealkylation sites (tertiary alicyclic amines) is 1. The summed E-state index contributed by atoms with van der Waals surface area (Å²) in [6.45, 7) is 7.40. The van der Waals surface area contributed by atoms with E-state index in [4.69, 9.17) is 5.11 Å². The zero-order chi connectivity index (χ0) is 12.4. The monoisotopic (exact) mass is 239 g/mol. The second-order valence-electron chi connectivity index (χ2n) is 6.24. The van der Waals surface area contributed by atoms with Crippen LogP contribution in [0.1, 0.15) is 39.5 Å². The third kappa shape index (κ3) is 3.21. The van der Waals surface area contributed by atoms with Gasteiger partial charge in [-0.2, -0.15) is 0 Å². The largest absolute Gasteiger partial charge is 0.481 e. The van der Waals surface area contributed by atoms with E-state index < -0.39 is 5.97 Å². The van der Waals surface area contributed by atoms with Gasteiger partial charge in [0, 0.05) is 19.6 Å². The van der Waals surface area contributed by atoms with Crippen LogP contribution in [-0.2, 0) is 4.79 Å². The van der Waals surface area contributed by atoms with Gasteiger partial charge in [0.25, 0.3) is 0 Å². The van der Waals surface area contributed by atoms with Crippen LogP contribution in [0.3, 0.4) is 0 Å². The molecule has 3 heteroatoms. The van der Waals surface area contributed by atoms with E-state index >= 15 is 0 Å². The summed E-state index contributed by atoms with van der Waals surface area (Å²) in [6, 6.07) is 0. The van der Waals surface area contributed by atoms with Crippen LogP contribution in [0.15, 0.2) is 0 Å². The molecule has 1 saturated heterocycles. The molecule has 3 nitrogen and oxygen atoms in total. The molecule has 17 heavy (non-hydrogen) atoms. The van der Waals surface area contributed by atoms with Gasteiger partial charge in [-0.1, -0.05) is 26.7 Å². The van der Waals surface area contributed by atoms with E-state index in [1.807, 2.05) is 6.92 Å². The van der Waals surface area contributed by atoms with Gasteiger partial charge in [-0.15, -0.1) is 0 Å². The zero-order valence-electron chi connectivity index (χ0n) is 11.1. The fourth-order valence-corrected chi connectivity index (χ4v) is 3.37. The molecule has 98 valence electrons. The molecular formula is C14H25NO2. The first-order valence-corrected chi connectivity index (χ1v) is 7.01. The maximum Gasteiger partial charge on any atom is 0.306 e. The third-order valence-electron chi connectivity index (χ3n) is 4.64. The van der Waals surface area contributed by atoms with E-state index in [1.165, 1.54) is 32.2 Å². The number of hydrogen-bond acceptors (Lipinski definition) is 2. The number of nitrogens with zero attached hydrogens (tertiary/aromatic N) is 1. The summed E-state index contributed by atoms with van der Waals surface area (Å²) >= 11 is 0. The highest BCUT2D eigenvalue weighted by atomic mass is 16.4. The van der Waals surface area contributed by atoms with Gasteiger partial charge in [-0.05, 0) is 30.6 Å². The second kappa shape index (κ2) is 5.38. The number of carbonyl (C=O) groups is 1. The predicted molar refractivity (Wildman–Crippen MR) is 67.9 cm³/mol. The predicted octanol–water partition coefficient (Wildman–Crippen LogP) is 2.47. The maximum atomic E-state index is 10.9. The standard InChI is InChI=1S/C14H25NO2/c1-10-4-3-5-12(6-10)7-15-8-13(9-15)11(2)14(16)17/h10-13H,3-9H2,1-2H3,(H,16,17). The van der Waals surface area contributed by atoms with Crippen molar-refractivity contribution in [3.05, 3.63) is 0 Å². The van der Waals surface area contributed by atoms with Gasteiger partial charge < -0.3 is 10.0 Å². The average Bonchev–Trinajstić information content (AvgIpc) is 2.22. The Morgan fingerprint density at radius 2 is 2.12 bits per heavy atom. The van der Waals surface area contributed by atoms with Crippen LogP contribution >= 0.6 is 0 Å². The molecule has 0 spiro atoms. The highest BCUT2D eigenvalue weighted by molar-refractivity contribution is 5.70. The van der Waals surface area contributed by atoms with E-state index in [-0.39, 0.29) is 5.92 Å². The van der Waals surface area contributed by atoms with Crippen molar-refractivity contribution in [2.75, 3.05) is 19.6 Å². The summed E-state index contributed by atoms with van der Waals surface area (Å²) in [6.07, 6.45) is 5.53. The summed E-state index contributed by atoms with van der Waals surface area (Å²) in [5, 5.41) is 8.94. The zero-order valence-corrected chi connectivity index (χ0v) is 11.1. The van der Waals surface area contributed by atoms with E-state index in [0.29, 0.717) is 5.92 Å². The highest BCUT2D eigenvalue weighted by Gasteiger charge is 2.35. The Kier molecular flexibility index (Phi) is 4.08. The summed E-state index contributed by atoms with van der Waals surface area (Å²) in [5.41, 5.74) is 0. The first-order chi connectivity index (χ1) is 8.06. The molecule has 0 amide bonds. The average molecular weight is 239 g/mol. The van der Waals surface area contributed by atoms with Crippen LogP contribution in [0, 0.1) is 23.7 Å². The van der Waals surface area contributed by atoms with E-state index in [2.05, 4.69) is 11.8 Å². The molecule has 2 aliphatic rings. The minimum Gasteiger partial charge on any atom is -0.481 e. The SMILES string of the molecule is CC1CCCC(CN2CC(C(C)C(=O)O)C2)C1. The number of hydrogen-bond donors (Lipinski definition) is 1. The van der Waals surface area contributed by atoms with Gasteiger partial charge in [-0.25, -0.2) is 0 Å². The Labute approximate surface area is 104 Å². The quantitative estimate of drug-likeness (QED) is 0.819. The smallest absolute Gasteiger partial charge is 0.306 e. The van der Waals surface area contributed by atoms with Crippen molar-refractivity contribution in [3.63, 3.8) is 0 Å². The van der Waals surface area contributed by atoms with Crippen molar-refractivity contribution >= 4 is 5.97 Å². The molecule has 2 rings (SSSR count). The van der Waals surface area contributed by atoms with Crippen molar-refractivity contribution in [1.82, 2.24) is 4.90 Å². The summed E-state index contributed by atoms with van der Waals surface area (Å²) in [5.74, 6) is 1.33. The fourth-order valence-electron chi connectivity index (χ4n) is 3.37. The Hall–Kier alpha value is -0.570. The molecule has 1 heterocycles. The second-order valence-corrected chi connectivity index (χ2v) is 6.24. The first kappa shape index (κ1) is 12.9. The van der Waals surface area contributed by atoms with E-state index in [1.54, 1.807) is 0 Å². The molecule has 1 aliphatic heterocycles. The molecule has 2 fully saturated rings. The molecule has 3 atom stereocenters. The Morgan fingerprint density at radius 3 is 2.71 bits per heavy atom. The molecule has 0 aromatic heterocycles. The van der Waals surface area contributed by atoms with Crippen LogP contribution < -0.4 is 0 Å². The summed E-state index contributed by atoms with van der Waals surface area (Å²) in [4.78, 5) is 13.3. The molecule has 3 unspecified atom stereocenters. The van der Waals surface area contributed by atoms with Crippen molar-refractivity contribution in [2.45, 2.75) is 39.5 Å². The maximum absolute atomic E-state index is 10.9. The molecule has 1 saturated carbocycles. The van der Waals surface area contributed by atoms with Gasteiger partial charge in [0.15, 0.2) is 0 Å². The fraction of sp³-hybridized carbons (Fsp3) is 0.929. The molecular weight excluding hydrogens is 214 g/mol. The topological polar surface area (TPSA) is 40.5 Å². The molecule has 0 aromatic carbocycles. The van der Waals surface area contributed by atoms with E-state index in [0.717, 1.165) is 24.9 Å². The van der Waals surface area contributed by atoms with Gasteiger partial charge >= 0.3 is 5.97 Å². The van der Waals surface area contributed by atoms with Crippen LogP contribution in [0.2, 0.25) is 0 Å². The van der Waals surface area contributed by atoms with Crippen LogP contribution in [-0.4, -0.2) is 35.6 Å². The normalized spacial score (nSPS) is 33.1. The Bertz CT molecular complexity index is 273. The number of rotatable bonds is 4. The van der Waals surface area contributed by atoms with Gasteiger partial charge in [0.2, 0.25) is 0 Å². The lowest BCUT2D eigenvalue weighted by Crippen LogP contribution is -2.52. The van der Waals surface area contributed by atoms with Crippen molar-refractivity contribution in [1.29, 1.82) is 0 Å². The molecule has 1 aliphatic carbocycles. The Morgan fingerprint density at radius 1 is 1.41 bits per heavy atom. The van der Waals surface area contributed by atoms with Gasteiger partial charge in [0.05, 0.1) is 5.92 Å². The number of carboxylic acids is 1. The lowest BCUT2D eigenvalue weighted by atomic mass is 9.80. The van der Waals surface area contributed by atoms with Crippen LogP contribution in [0.5, 0.6) is 0 Å². The minimum atomic E-state index is -0.638. The first-order valence-electron chi connectivity index (χ1n) is 7.01. The molecule has 0 aromatic rings. The molecule has 0 bridgehead atoms. The summed E-state index contributed by atoms with van der Waals surface area (Å²) in [7, 11) is 0. The van der Waals surface area contributed by atoms with Gasteiger partial charge in [-0.3, -0.25) is 4.79 Å². The van der Waals surface area contributed by atoms with Crippen molar-refractivity contribution in [3.8, 4) is 0 Å². The number of carboxylic acid groups (broad SMARTS) is 1. The van der Waals surface area contributed by atoms with Crippen molar-refractivity contribution < 1.29 is 9.90 Å². The summed E-state index contributed by atoms with van der Waals surface area (Å²) < 4.78 is 0. The lowest BCUT2D eigenvalue weighted by Gasteiger charge is -2.44. The van der Waals surface area contributed by atoms with Crippen molar-refractivity contribution in [2.24, 2.45) is 23.7 Å². The number of aliphatic carboxylic acids is 1. The minimum absolute atomic E-state index is 0.170. The van der Waals surface area contributed by atoms with Crippen LogP contribution in [0.25, 0.3) is 0 Å². The lowest BCUT2D eigenvalue weighted by molar-refractivity contribution is -0.145. The highest BCUT2D eigenvalue weighted by Crippen LogP contribution is 2.32. The van der Waals surface area contributed by atoms with Crippen LogP contribution in [0.4, 0.5) is 0 Å². The van der Waals surface area contributed by atoms with E-state index in [9.17, 15) is 4.79 Å². The molecule has 1 N–H and O–H groups in total. The molecule has 0 radical (unpaired) electrons. The Balaban J connectivity index is 1.68. The van der Waals surface area contributed by atoms with Gasteiger partial charge in [0.1, 0.15) is 0 Å².